The van der Waals surface area contributed by atoms with Gasteiger partial charge in [0.15, 0.2) is 0 Å². The van der Waals surface area contributed by atoms with Gasteiger partial charge in [-0.3, -0.25) is 4.79 Å². The molecular weight excluding hydrogens is 248 g/mol. The molecule has 0 aliphatic carbocycles. The third kappa shape index (κ3) is 3.47. The fourth-order valence-corrected chi connectivity index (χ4v) is 2.46. The van der Waals surface area contributed by atoms with Gasteiger partial charge in [0.25, 0.3) is 0 Å². The van der Waals surface area contributed by atoms with E-state index in [0.717, 1.165) is 24.2 Å². The van der Waals surface area contributed by atoms with Crippen LogP contribution in [-0.4, -0.2) is 18.3 Å². The summed E-state index contributed by atoms with van der Waals surface area (Å²) in [6.45, 7) is 1.04. The van der Waals surface area contributed by atoms with Gasteiger partial charge < -0.3 is 10.6 Å². The number of halogens is 1. The third-order valence-corrected chi connectivity index (χ3v) is 3.53. The van der Waals surface area contributed by atoms with Gasteiger partial charge in [0.2, 0.25) is 5.91 Å². The Morgan fingerprint density at radius 2 is 2.17 bits per heavy atom. The number of carbonyl (C=O) groups excluding carboxylic acids is 1. The Balaban J connectivity index is 2.17. The van der Waals surface area contributed by atoms with Gasteiger partial charge in [0.1, 0.15) is 5.88 Å². The van der Waals surface area contributed by atoms with Crippen LogP contribution in [0.1, 0.15) is 37.3 Å². The Morgan fingerprint density at radius 3 is 3.00 bits per heavy atom. The molecule has 18 heavy (non-hydrogen) atoms. The van der Waals surface area contributed by atoms with E-state index in [2.05, 4.69) is 16.7 Å². The fourth-order valence-electron chi connectivity index (χ4n) is 2.39. The predicted molar refractivity (Wildman–Crippen MR) is 75.0 cm³/mol. The minimum atomic E-state index is -0.155. The van der Waals surface area contributed by atoms with Crippen molar-refractivity contribution in [2.75, 3.05) is 17.7 Å². The molecule has 1 fully saturated rings. The van der Waals surface area contributed by atoms with Crippen molar-refractivity contribution in [3.8, 4) is 0 Å². The first kappa shape index (κ1) is 13.4. The maximum absolute atomic E-state index is 11.4. The van der Waals surface area contributed by atoms with Crippen LogP contribution in [0.3, 0.4) is 0 Å². The molecule has 2 rings (SSSR count). The maximum atomic E-state index is 11.4. The number of para-hydroxylation sites is 1. The summed E-state index contributed by atoms with van der Waals surface area (Å²) in [4.78, 5) is 11.4. The lowest BCUT2D eigenvalue weighted by molar-refractivity contribution is -0.113. The van der Waals surface area contributed by atoms with Crippen molar-refractivity contribution >= 4 is 23.2 Å². The van der Waals surface area contributed by atoms with E-state index < -0.39 is 0 Å². The molecule has 4 heteroatoms. The number of nitrogens with one attached hydrogen (secondary N) is 2. The molecule has 0 radical (unpaired) electrons. The highest BCUT2D eigenvalue weighted by Gasteiger charge is 2.17. The van der Waals surface area contributed by atoms with Crippen molar-refractivity contribution in [3.05, 3.63) is 29.8 Å². The van der Waals surface area contributed by atoms with E-state index in [9.17, 15) is 4.79 Å². The first-order valence-electron chi connectivity index (χ1n) is 6.49. The molecule has 0 spiro atoms. The molecule has 1 aromatic carbocycles. The fraction of sp³-hybridized carbons (Fsp3) is 0.500. The maximum Gasteiger partial charge on any atom is 0.239 e. The molecule has 98 valence electrons. The molecule has 1 atom stereocenters. The number of hydrogen-bond donors (Lipinski definition) is 2. The van der Waals surface area contributed by atoms with Crippen molar-refractivity contribution < 1.29 is 4.79 Å². The largest absolute Gasteiger partial charge is 0.325 e. The normalized spacial score (nSPS) is 20.2. The molecule has 0 saturated carbocycles. The van der Waals surface area contributed by atoms with Gasteiger partial charge in [-0.15, -0.1) is 11.6 Å². The average Bonchev–Trinajstić information content (AvgIpc) is 2.68. The second kappa shape index (κ2) is 6.76. The topological polar surface area (TPSA) is 41.1 Å². The third-order valence-electron chi connectivity index (χ3n) is 3.29. The Hall–Kier alpha value is -1.06. The number of rotatable bonds is 3. The first-order chi connectivity index (χ1) is 8.81. The van der Waals surface area contributed by atoms with E-state index in [1.165, 1.54) is 19.3 Å². The molecule has 1 aliphatic rings. The molecule has 0 bridgehead atoms. The highest BCUT2D eigenvalue weighted by Crippen LogP contribution is 2.28. The van der Waals surface area contributed by atoms with E-state index in [4.69, 9.17) is 11.6 Å². The van der Waals surface area contributed by atoms with E-state index >= 15 is 0 Å². The van der Waals surface area contributed by atoms with Crippen molar-refractivity contribution in [3.63, 3.8) is 0 Å². The van der Waals surface area contributed by atoms with Crippen LogP contribution >= 0.6 is 11.6 Å². The SMILES string of the molecule is O=C(CCl)Nc1ccccc1[C@@H]1CCCCCN1. The van der Waals surface area contributed by atoms with Crippen LogP contribution in [0, 0.1) is 0 Å². The zero-order valence-electron chi connectivity index (χ0n) is 10.4. The lowest BCUT2D eigenvalue weighted by atomic mass is 10.00. The van der Waals surface area contributed by atoms with E-state index in [-0.39, 0.29) is 11.8 Å². The number of amides is 1. The number of alkyl halides is 1. The second-order valence-corrected chi connectivity index (χ2v) is 4.89. The predicted octanol–water partition coefficient (Wildman–Crippen LogP) is 3.07. The van der Waals surface area contributed by atoms with Crippen molar-refractivity contribution in [2.24, 2.45) is 0 Å². The van der Waals surface area contributed by atoms with Gasteiger partial charge in [-0.2, -0.15) is 0 Å². The van der Waals surface area contributed by atoms with Gasteiger partial charge in [0, 0.05) is 11.7 Å². The smallest absolute Gasteiger partial charge is 0.239 e. The number of benzene rings is 1. The van der Waals surface area contributed by atoms with Crippen LogP contribution in [0.15, 0.2) is 24.3 Å². The number of hydrogen-bond acceptors (Lipinski definition) is 2. The molecule has 0 unspecified atom stereocenters. The van der Waals surface area contributed by atoms with Crippen LogP contribution in [0.25, 0.3) is 0 Å². The zero-order valence-corrected chi connectivity index (χ0v) is 11.2. The van der Waals surface area contributed by atoms with Crippen molar-refractivity contribution in [2.45, 2.75) is 31.7 Å². The van der Waals surface area contributed by atoms with E-state index in [1.807, 2.05) is 18.2 Å². The molecule has 0 aromatic heterocycles. The van der Waals surface area contributed by atoms with Crippen LogP contribution in [-0.2, 0) is 4.79 Å². The summed E-state index contributed by atoms with van der Waals surface area (Å²) in [7, 11) is 0. The van der Waals surface area contributed by atoms with Crippen LogP contribution in [0.5, 0.6) is 0 Å². The molecule has 1 aliphatic heterocycles. The van der Waals surface area contributed by atoms with Crippen LogP contribution in [0.2, 0.25) is 0 Å². The Morgan fingerprint density at radius 1 is 1.33 bits per heavy atom. The monoisotopic (exact) mass is 266 g/mol. The van der Waals surface area contributed by atoms with Gasteiger partial charge in [-0.05, 0) is 31.0 Å². The quantitative estimate of drug-likeness (QED) is 0.826. The molecular formula is C14H19ClN2O. The summed E-state index contributed by atoms with van der Waals surface area (Å²) < 4.78 is 0. The molecule has 3 nitrogen and oxygen atoms in total. The summed E-state index contributed by atoms with van der Waals surface area (Å²) >= 11 is 5.54. The average molecular weight is 267 g/mol. The van der Waals surface area contributed by atoms with Crippen LogP contribution < -0.4 is 10.6 Å². The van der Waals surface area contributed by atoms with Crippen molar-refractivity contribution in [1.82, 2.24) is 5.32 Å². The zero-order chi connectivity index (χ0) is 12.8. The van der Waals surface area contributed by atoms with Gasteiger partial charge in [0.05, 0.1) is 0 Å². The number of anilines is 1. The van der Waals surface area contributed by atoms with Crippen LogP contribution in [0.4, 0.5) is 5.69 Å². The second-order valence-electron chi connectivity index (χ2n) is 4.63. The minimum absolute atomic E-state index is 0.00751. The summed E-state index contributed by atoms with van der Waals surface area (Å²) in [5, 5.41) is 6.41. The molecule has 1 saturated heterocycles. The minimum Gasteiger partial charge on any atom is -0.325 e. The first-order valence-corrected chi connectivity index (χ1v) is 7.03. The highest BCUT2D eigenvalue weighted by molar-refractivity contribution is 6.29. The summed E-state index contributed by atoms with van der Waals surface area (Å²) in [6.07, 6.45) is 4.86. The Bertz CT molecular complexity index is 401. The van der Waals surface area contributed by atoms with Gasteiger partial charge in [-0.1, -0.05) is 31.0 Å². The Labute approximate surface area is 113 Å². The standard InChI is InChI=1S/C14H19ClN2O/c15-10-14(18)17-13-8-4-3-6-11(13)12-7-2-1-5-9-16-12/h3-4,6,8,12,16H,1-2,5,7,9-10H2,(H,17,18)/t12-/m0/s1. The highest BCUT2D eigenvalue weighted by atomic mass is 35.5. The summed E-state index contributed by atoms with van der Waals surface area (Å²) in [5.74, 6) is -0.162. The lowest BCUT2D eigenvalue weighted by Crippen LogP contribution is -2.22. The molecule has 1 amide bonds. The van der Waals surface area contributed by atoms with Gasteiger partial charge in [-0.25, -0.2) is 0 Å². The summed E-state index contributed by atoms with van der Waals surface area (Å²) in [5.41, 5.74) is 2.04. The lowest BCUT2D eigenvalue weighted by Gasteiger charge is -2.20. The van der Waals surface area contributed by atoms with Gasteiger partial charge >= 0.3 is 0 Å². The van der Waals surface area contributed by atoms with E-state index in [1.54, 1.807) is 0 Å². The Kier molecular flexibility index (Phi) is 5.02. The van der Waals surface area contributed by atoms with E-state index in [0.29, 0.717) is 6.04 Å². The molecule has 1 aromatic rings. The van der Waals surface area contributed by atoms with Crippen molar-refractivity contribution in [1.29, 1.82) is 0 Å². The molecule has 1 heterocycles. The summed E-state index contributed by atoms with van der Waals surface area (Å²) in [6, 6.07) is 8.29. The number of carbonyl (C=O) groups is 1. The molecule has 2 N–H and O–H groups in total.